The maximum atomic E-state index is 12.5. The van der Waals surface area contributed by atoms with Gasteiger partial charge < -0.3 is 11.1 Å². The highest BCUT2D eigenvalue weighted by atomic mass is 35.5. The summed E-state index contributed by atoms with van der Waals surface area (Å²) in [7, 11) is 0. The number of nitrogens with one attached hydrogen (secondary N) is 1. The Morgan fingerprint density at radius 1 is 1.50 bits per heavy atom. The molecule has 0 radical (unpaired) electrons. The van der Waals surface area contributed by atoms with E-state index in [-0.39, 0.29) is 11.4 Å². The van der Waals surface area contributed by atoms with Crippen molar-refractivity contribution in [3.05, 3.63) is 34.3 Å². The number of aryl methyl sites for hydroxylation is 1. The lowest BCUT2D eigenvalue weighted by molar-refractivity contribution is 0.0812. The molecule has 20 heavy (non-hydrogen) atoms. The minimum atomic E-state index is -0.261. The zero-order valence-corrected chi connectivity index (χ0v) is 13.0. The number of benzene rings is 1. The first kappa shape index (κ1) is 15.3. The highest BCUT2D eigenvalue weighted by Gasteiger charge is 2.38. The van der Waals surface area contributed by atoms with E-state index in [0.717, 1.165) is 24.8 Å². The summed E-state index contributed by atoms with van der Waals surface area (Å²) in [5, 5.41) is 3.87. The molecule has 3 nitrogen and oxygen atoms in total. The third-order valence-electron chi connectivity index (χ3n) is 4.60. The molecule has 0 bridgehead atoms. The standard InChI is InChI=1S/C16H23ClN2O/c1-11-9-13(6-7-14(11)17)15(20)19-16(10-18)8-4-3-5-12(16)2/h6-7,9,12H,3-5,8,10,18H2,1-2H3,(H,19,20). The Morgan fingerprint density at radius 2 is 2.25 bits per heavy atom. The van der Waals surface area contributed by atoms with Crippen LogP contribution in [0.2, 0.25) is 5.02 Å². The third-order valence-corrected chi connectivity index (χ3v) is 5.02. The van der Waals surface area contributed by atoms with Gasteiger partial charge in [0.1, 0.15) is 0 Å². The van der Waals surface area contributed by atoms with Crippen molar-refractivity contribution in [3.63, 3.8) is 0 Å². The summed E-state index contributed by atoms with van der Waals surface area (Å²) in [6.45, 7) is 4.58. The molecule has 0 heterocycles. The van der Waals surface area contributed by atoms with Crippen LogP contribution < -0.4 is 11.1 Å². The van der Waals surface area contributed by atoms with Gasteiger partial charge in [0.15, 0.2) is 0 Å². The quantitative estimate of drug-likeness (QED) is 0.899. The molecule has 0 saturated heterocycles. The molecule has 0 spiro atoms. The van der Waals surface area contributed by atoms with Crippen LogP contribution in [0.25, 0.3) is 0 Å². The molecule has 2 unspecified atom stereocenters. The van der Waals surface area contributed by atoms with Crippen LogP contribution in [0.1, 0.15) is 48.5 Å². The Kier molecular flexibility index (Phi) is 4.71. The molecule has 1 amide bonds. The smallest absolute Gasteiger partial charge is 0.251 e. The van der Waals surface area contributed by atoms with Crippen molar-refractivity contribution in [2.24, 2.45) is 11.7 Å². The number of nitrogens with two attached hydrogens (primary N) is 1. The van der Waals surface area contributed by atoms with Gasteiger partial charge >= 0.3 is 0 Å². The van der Waals surface area contributed by atoms with Gasteiger partial charge in [0.2, 0.25) is 0 Å². The van der Waals surface area contributed by atoms with Crippen LogP contribution in [0.4, 0.5) is 0 Å². The zero-order chi connectivity index (χ0) is 14.8. The van der Waals surface area contributed by atoms with Gasteiger partial charge in [-0.2, -0.15) is 0 Å². The maximum absolute atomic E-state index is 12.5. The fourth-order valence-electron chi connectivity index (χ4n) is 3.04. The fourth-order valence-corrected chi connectivity index (χ4v) is 3.16. The van der Waals surface area contributed by atoms with Crippen molar-refractivity contribution in [3.8, 4) is 0 Å². The molecule has 2 atom stereocenters. The number of halogens is 1. The van der Waals surface area contributed by atoms with Gasteiger partial charge in [-0.15, -0.1) is 0 Å². The predicted molar refractivity (Wildman–Crippen MR) is 83.1 cm³/mol. The molecular formula is C16H23ClN2O. The van der Waals surface area contributed by atoms with Crippen molar-refractivity contribution in [1.82, 2.24) is 5.32 Å². The van der Waals surface area contributed by atoms with Crippen molar-refractivity contribution in [2.45, 2.75) is 45.1 Å². The monoisotopic (exact) mass is 294 g/mol. The van der Waals surface area contributed by atoms with Crippen LogP contribution >= 0.6 is 11.6 Å². The van der Waals surface area contributed by atoms with Crippen LogP contribution in [-0.4, -0.2) is 18.0 Å². The highest BCUT2D eigenvalue weighted by Crippen LogP contribution is 2.33. The largest absolute Gasteiger partial charge is 0.345 e. The third kappa shape index (κ3) is 2.99. The molecule has 2 rings (SSSR count). The molecule has 0 aromatic heterocycles. The lowest BCUT2D eigenvalue weighted by Crippen LogP contribution is -2.59. The topological polar surface area (TPSA) is 55.1 Å². The van der Waals surface area contributed by atoms with E-state index < -0.39 is 0 Å². The summed E-state index contributed by atoms with van der Waals surface area (Å²) in [6.07, 6.45) is 4.43. The average Bonchev–Trinajstić information content (AvgIpc) is 2.44. The predicted octanol–water partition coefficient (Wildman–Crippen LogP) is 3.29. The van der Waals surface area contributed by atoms with E-state index in [1.165, 1.54) is 6.42 Å². The molecule has 1 fully saturated rings. The van der Waals surface area contributed by atoms with Crippen LogP contribution in [-0.2, 0) is 0 Å². The first-order valence-electron chi connectivity index (χ1n) is 7.27. The SMILES string of the molecule is Cc1cc(C(=O)NC2(CN)CCCCC2C)ccc1Cl. The lowest BCUT2D eigenvalue weighted by Gasteiger charge is -2.42. The van der Waals surface area contributed by atoms with Crippen molar-refractivity contribution in [2.75, 3.05) is 6.54 Å². The molecule has 1 saturated carbocycles. The van der Waals surface area contributed by atoms with Gasteiger partial charge in [0, 0.05) is 17.1 Å². The number of carbonyl (C=O) groups is 1. The lowest BCUT2D eigenvalue weighted by atomic mass is 9.73. The van der Waals surface area contributed by atoms with Crippen molar-refractivity contribution in [1.29, 1.82) is 0 Å². The first-order chi connectivity index (χ1) is 9.48. The zero-order valence-electron chi connectivity index (χ0n) is 12.2. The van der Waals surface area contributed by atoms with Gasteiger partial charge in [0.05, 0.1) is 5.54 Å². The van der Waals surface area contributed by atoms with Crippen LogP contribution in [0.5, 0.6) is 0 Å². The first-order valence-corrected chi connectivity index (χ1v) is 7.65. The van der Waals surface area contributed by atoms with Crippen molar-refractivity contribution < 1.29 is 4.79 Å². The summed E-state index contributed by atoms with van der Waals surface area (Å²) >= 11 is 6.00. The number of carbonyl (C=O) groups excluding carboxylic acids is 1. The second-order valence-corrected chi connectivity index (χ2v) is 6.33. The molecule has 3 N–H and O–H groups in total. The van der Waals surface area contributed by atoms with E-state index in [0.29, 0.717) is 23.0 Å². The van der Waals surface area contributed by atoms with E-state index in [2.05, 4.69) is 12.2 Å². The van der Waals surface area contributed by atoms with Crippen LogP contribution in [0.3, 0.4) is 0 Å². The van der Waals surface area contributed by atoms with Gasteiger partial charge in [-0.05, 0) is 49.4 Å². The Bertz CT molecular complexity index is 503. The average molecular weight is 295 g/mol. The van der Waals surface area contributed by atoms with E-state index in [4.69, 9.17) is 17.3 Å². The van der Waals surface area contributed by atoms with Crippen LogP contribution in [0, 0.1) is 12.8 Å². The minimum absolute atomic E-state index is 0.0519. The van der Waals surface area contributed by atoms with Gasteiger partial charge in [-0.25, -0.2) is 0 Å². The molecule has 1 aliphatic rings. The minimum Gasteiger partial charge on any atom is -0.345 e. The van der Waals surface area contributed by atoms with Gasteiger partial charge in [-0.1, -0.05) is 31.4 Å². The molecule has 110 valence electrons. The second-order valence-electron chi connectivity index (χ2n) is 5.93. The number of hydrogen-bond acceptors (Lipinski definition) is 2. The van der Waals surface area contributed by atoms with Crippen molar-refractivity contribution >= 4 is 17.5 Å². The maximum Gasteiger partial charge on any atom is 0.251 e. The summed E-state index contributed by atoms with van der Waals surface area (Å²) in [4.78, 5) is 12.5. The van der Waals surface area contributed by atoms with Gasteiger partial charge in [-0.3, -0.25) is 4.79 Å². The molecular weight excluding hydrogens is 272 g/mol. The Balaban J connectivity index is 2.18. The molecule has 4 heteroatoms. The molecule has 1 aromatic rings. The Morgan fingerprint density at radius 3 is 2.85 bits per heavy atom. The number of hydrogen-bond donors (Lipinski definition) is 2. The molecule has 1 aromatic carbocycles. The Hall–Kier alpha value is -1.06. The highest BCUT2D eigenvalue weighted by molar-refractivity contribution is 6.31. The van der Waals surface area contributed by atoms with E-state index in [1.807, 2.05) is 13.0 Å². The Labute approximate surface area is 125 Å². The van der Waals surface area contributed by atoms with E-state index in [9.17, 15) is 4.79 Å². The number of rotatable bonds is 3. The van der Waals surface area contributed by atoms with Crippen LogP contribution in [0.15, 0.2) is 18.2 Å². The summed E-state index contributed by atoms with van der Waals surface area (Å²) in [5.41, 5.74) is 7.28. The second kappa shape index (κ2) is 6.15. The van der Waals surface area contributed by atoms with E-state index >= 15 is 0 Å². The summed E-state index contributed by atoms with van der Waals surface area (Å²) < 4.78 is 0. The summed E-state index contributed by atoms with van der Waals surface area (Å²) in [6, 6.07) is 5.36. The number of amides is 1. The fraction of sp³-hybridized carbons (Fsp3) is 0.562. The van der Waals surface area contributed by atoms with Gasteiger partial charge in [0.25, 0.3) is 5.91 Å². The normalized spacial score (nSPS) is 26.3. The van der Waals surface area contributed by atoms with E-state index in [1.54, 1.807) is 12.1 Å². The summed E-state index contributed by atoms with van der Waals surface area (Å²) in [5.74, 6) is 0.363. The molecule has 1 aliphatic carbocycles. The molecule has 0 aliphatic heterocycles.